The number of halogens is 1. The molecule has 0 bridgehead atoms. The molecule has 0 radical (unpaired) electrons. The molecule has 2 amide bonds. The number of carbonyl (C=O) groups is 2. The zero-order chi connectivity index (χ0) is 22.2. The summed E-state index contributed by atoms with van der Waals surface area (Å²) in [7, 11) is 0. The fraction of sp³-hybridized carbons (Fsp3) is 0.250. The van der Waals surface area contributed by atoms with E-state index in [9.17, 15) is 19.7 Å². The Hall–Kier alpha value is -3.31. The zero-order valence-corrected chi connectivity index (χ0v) is 17.9. The van der Waals surface area contributed by atoms with Gasteiger partial charge in [0.15, 0.2) is 6.61 Å². The summed E-state index contributed by atoms with van der Waals surface area (Å²) >= 11 is 3.39. The van der Waals surface area contributed by atoms with Gasteiger partial charge in [-0.2, -0.15) is 5.10 Å². The second kappa shape index (κ2) is 10.6. The van der Waals surface area contributed by atoms with Crippen LogP contribution in [0.15, 0.2) is 52.0 Å². The van der Waals surface area contributed by atoms with Gasteiger partial charge in [-0.25, -0.2) is 5.43 Å². The Bertz CT molecular complexity index is 1010. The van der Waals surface area contributed by atoms with Crippen LogP contribution in [0.4, 0.5) is 5.69 Å². The maximum atomic E-state index is 12.2. The lowest BCUT2D eigenvalue weighted by Crippen LogP contribution is -2.43. The van der Waals surface area contributed by atoms with Crippen LogP contribution in [0.1, 0.15) is 15.9 Å². The Labute approximate surface area is 186 Å². The number of morpholine rings is 1. The lowest BCUT2D eigenvalue weighted by molar-refractivity contribution is -0.384. The molecule has 0 atom stereocenters. The minimum Gasteiger partial charge on any atom is -0.483 e. The van der Waals surface area contributed by atoms with Crippen molar-refractivity contribution in [2.75, 3.05) is 32.9 Å². The van der Waals surface area contributed by atoms with Gasteiger partial charge in [-0.3, -0.25) is 19.7 Å². The summed E-state index contributed by atoms with van der Waals surface area (Å²) in [5.74, 6) is -0.176. The molecule has 1 aliphatic rings. The van der Waals surface area contributed by atoms with Crippen LogP contribution in [0.25, 0.3) is 0 Å². The third-order valence-electron chi connectivity index (χ3n) is 4.37. The van der Waals surface area contributed by atoms with Crippen LogP contribution < -0.4 is 10.2 Å². The van der Waals surface area contributed by atoms with Crippen LogP contribution in [0.3, 0.4) is 0 Å². The molecule has 0 unspecified atom stereocenters. The number of benzene rings is 2. The van der Waals surface area contributed by atoms with Crippen molar-refractivity contribution >= 4 is 39.6 Å². The van der Waals surface area contributed by atoms with Crippen LogP contribution in [0.5, 0.6) is 5.75 Å². The lowest BCUT2D eigenvalue weighted by Gasteiger charge is -2.26. The van der Waals surface area contributed by atoms with Gasteiger partial charge in [-0.05, 0) is 45.8 Å². The molecule has 3 rings (SSSR count). The van der Waals surface area contributed by atoms with Crippen LogP contribution in [-0.4, -0.2) is 60.8 Å². The van der Waals surface area contributed by atoms with E-state index >= 15 is 0 Å². The number of nitrogens with one attached hydrogen (secondary N) is 1. The number of ether oxygens (including phenoxy) is 2. The van der Waals surface area contributed by atoms with Crippen molar-refractivity contribution in [3.8, 4) is 5.75 Å². The summed E-state index contributed by atoms with van der Waals surface area (Å²) in [6.45, 7) is 2.09. The van der Waals surface area contributed by atoms with Gasteiger partial charge in [0.05, 0.1) is 28.8 Å². The van der Waals surface area contributed by atoms with E-state index < -0.39 is 10.8 Å². The summed E-state index contributed by atoms with van der Waals surface area (Å²) in [4.78, 5) is 36.2. The van der Waals surface area contributed by atoms with Crippen LogP contribution in [-0.2, 0) is 9.53 Å². The number of nitro groups is 1. The SMILES string of the molecule is O=C(N/N=C\c1ccc(OCC(=O)N2CCOCC2)c(Br)c1)c1cccc([N+](=O)[O-])c1. The molecule has 1 heterocycles. The first-order valence-corrected chi connectivity index (χ1v) is 10.1. The third kappa shape index (κ3) is 6.33. The average molecular weight is 491 g/mol. The first-order chi connectivity index (χ1) is 14.9. The second-order valence-electron chi connectivity index (χ2n) is 6.48. The highest BCUT2D eigenvalue weighted by atomic mass is 79.9. The van der Waals surface area contributed by atoms with Crippen molar-refractivity contribution in [2.45, 2.75) is 0 Å². The largest absolute Gasteiger partial charge is 0.483 e. The lowest BCUT2D eigenvalue weighted by atomic mass is 10.2. The number of hydrogen-bond acceptors (Lipinski definition) is 7. The highest BCUT2D eigenvalue weighted by molar-refractivity contribution is 9.10. The first-order valence-electron chi connectivity index (χ1n) is 9.30. The van der Waals surface area contributed by atoms with Gasteiger partial charge in [0.1, 0.15) is 5.75 Å². The van der Waals surface area contributed by atoms with Gasteiger partial charge in [0, 0.05) is 30.8 Å². The monoisotopic (exact) mass is 490 g/mol. The van der Waals surface area contributed by atoms with E-state index in [0.717, 1.165) is 0 Å². The molecule has 0 aromatic heterocycles. The highest BCUT2D eigenvalue weighted by Crippen LogP contribution is 2.25. The van der Waals surface area contributed by atoms with Crippen molar-refractivity contribution in [3.05, 3.63) is 68.2 Å². The second-order valence-corrected chi connectivity index (χ2v) is 7.33. The topological polar surface area (TPSA) is 123 Å². The molecule has 1 fully saturated rings. The summed E-state index contributed by atoms with van der Waals surface area (Å²) < 4.78 is 11.4. The molecule has 162 valence electrons. The van der Waals surface area contributed by atoms with E-state index in [2.05, 4.69) is 26.5 Å². The van der Waals surface area contributed by atoms with E-state index in [1.165, 1.54) is 30.5 Å². The normalized spacial score (nSPS) is 13.8. The summed E-state index contributed by atoms with van der Waals surface area (Å²) in [5.41, 5.74) is 2.94. The fourth-order valence-electron chi connectivity index (χ4n) is 2.75. The summed E-state index contributed by atoms with van der Waals surface area (Å²) in [6.07, 6.45) is 1.42. The van der Waals surface area contributed by atoms with E-state index in [4.69, 9.17) is 9.47 Å². The molecule has 0 spiro atoms. The number of hydrogen-bond donors (Lipinski definition) is 1. The van der Waals surface area contributed by atoms with Gasteiger partial charge in [0.25, 0.3) is 17.5 Å². The first kappa shape index (κ1) is 22.4. The molecule has 31 heavy (non-hydrogen) atoms. The van der Waals surface area contributed by atoms with Gasteiger partial charge in [0.2, 0.25) is 0 Å². The Morgan fingerprint density at radius 2 is 2.03 bits per heavy atom. The van der Waals surface area contributed by atoms with E-state index in [1.54, 1.807) is 23.1 Å². The molecule has 10 nitrogen and oxygen atoms in total. The molecular weight excluding hydrogens is 472 g/mol. The Morgan fingerprint density at radius 1 is 1.26 bits per heavy atom. The highest BCUT2D eigenvalue weighted by Gasteiger charge is 2.17. The molecule has 0 saturated carbocycles. The number of hydrazone groups is 1. The maximum Gasteiger partial charge on any atom is 0.271 e. The number of carbonyl (C=O) groups excluding carboxylic acids is 2. The molecule has 0 aliphatic carbocycles. The summed E-state index contributed by atoms with van der Waals surface area (Å²) in [5, 5.41) is 14.7. The third-order valence-corrected chi connectivity index (χ3v) is 4.99. The van der Waals surface area contributed by atoms with Crippen molar-refractivity contribution in [3.63, 3.8) is 0 Å². The molecule has 1 N–H and O–H groups in total. The van der Waals surface area contributed by atoms with Crippen molar-refractivity contribution in [1.29, 1.82) is 0 Å². The molecule has 11 heteroatoms. The molecule has 2 aromatic rings. The zero-order valence-electron chi connectivity index (χ0n) is 16.3. The minimum atomic E-state index is -0.574. The Kier molecular flexibility index (Phi) is 7.68. The fourth-order valence-corrected chi connectivity index (χ4v) is 3.26. The predicted octanol–water partition coefficient (Wildman–Crippen LogP) is 2.36. The van der Waals surface area contributed by atoms with Crippen LogP contribution in [0.2, 0.25) is 0 Å². The van der Waals surface area contributed by atoms with Gasteiger partial charge in [-0.1, -0.05) is 6.07 Å². The van der Waals surface area contributed by atoms with E-state index in [0.29, 0.717) is 42.1 Å². The van der Waals surface area contributed by atoms with Gasteiger partial charge >= 0.3 is 0 Å². The summed E-state index contributed by atoms with van der Waals surface area (Å²) in [6, 6.07) is 10.5. The number of amides is 2. The average Bonchev–Trinajstić information content (AvgIpc) is 2.79. The van der Waals surface area contributed by atoms with Crippen molar-refractivity contribution < 1.29 is 24.0 Å². The smallest absolute Gasteiger partial charge is 0.271 e. The predicted molar refractivity (Wildman–Crippen MR) is 115 cm³/mol. The van der Waals surface area contributed by atoms with Crippen LogP contribution in [0, 0.1) is 10.1 Å². The standard InChI is InChI=1S/C20H19BrN4O6/c21-17-10-14(4-5-18(17)31-13-19(26)24-6-8-30-9-7-24)12-22-23-20(27)15-2-1-3-16(11-15)25(28)29/h1-5,10-12H,6-9,13H2,(H,23,27)/b22-12-. The Balaban J connectivity index is 1.54. The number of nitro benzene ring substituents is 1. The van der Waals surface area contributed by atoms with E-state index in [-0.39, 0.29) is 23.8 Å². The Morgan fingerprint density at radius 3 is 2.74 bits per heavy atom. The minimum absolute atomic E-state index is 0.0781. The molecule has 1 saturated heterocycles. The van der Waals surface area contributed by atoms with Crippen molar-refractivity contribution in [2.24, 2.45) is 5.10 Å². The molecule has 1 aliphatic heterocycles. The van der Waals surface area contributed by atoms with Crippen molar-refractivity contribution in [1.82, 2.24) is 10.3 Å². The number of nitrogens with zero attached hydrogens (tertiary/aromatic N) is 3. The van der Waals surface area contributed by atoms with Crippen LogP contribution >= 0.6 is 15.9 Å². The van der Waals surface area contributed by atoms with Gasteiger partial charge < -0.3 is 14.4 Å². The molecule has 2 aromatic carbocycles. The quantitative estimate of drug-likeness (QED) is 0.361. The van der Waals surface area contributed by atoms with Gasteiger partial charge in [-0.15, -0.1) is 0 Å². The number of rotatable bonds is 7. The number of non-ortho nitro benzene ring substituents is 1. The van der Waals surface area contributed by atoms with E-state index in [1.807, 2.05) is 0 Å². The molecular formula is C20H19BrN4O6. The maximum absolute atomic E-state index is 12.2.